The topological polar surface area (TPSA) is 83.1 Å². The predicted octanol–water partition coefficient (Wildman–Crippen LogP) is 6.50. The molecule has 0 aliphatic heterocycles. The molecule has 194 valence electrons. The van der Waals surface area contributed by atoms with Crippen molar-refractivity contribution in [2.45, 2.75) is 79.1 Å². The first kappa shape index (κ1) is 29.7. The number of hydrogen-bond acceptors (Lipinski definition) is 6. The zero-order valence-electron chi connectivity index (χ0n) is 21.7. The number of nitrogens with one attached hydrogen (secondary N) is 2. The molecule has 0 aliphatic carbocycles. The maximum Gasteiger partial charge on any atom is 0.412 e. The van der Waals surface area contributed by atoms with Crippen molar-refractivity contribution >= 4 is 23.6 Å². The van der Waals surface area contributed by atoms with Crippen molar-refractivity contribution in [1.29, 1.82) is 0 Å². The summed E-state index contributed by atoms with van der Waals surface area (Å²) in [6.45, 7) is 12.5. The lowest BCUT2D eigenvalue weighted by Crippen LogP contribution is -2.30. The van der Waals surface area contributed by atoms with Crippen LogP contribution in [0.4, 0.5) is 21.0 Å². The van der Waals surface area contributed by atoms with Gasteiger partial charge in [0, 0.05) is 24.5 Å². The second-order valence-electron chi connectivity index (χ2n) is 8.50. The molecular weight excluding hydrogens is 432 g/mol. The zero-order chi connectivity index (χ0) is 25.0. The van der Waals surface area contributed by atoms with E-state index in [0.29, 0.717) is 11.4 Å². The average molecular weight is 479 g/mol. The van der Waals surface area contributed by atoms with Crippen LogP contribution in [0.1, 0.15) is 79.1 Å². The largest absolute Gasteiger partial charge is 0.433 e. The summed E-state index contributed by atoms with van der Waals surface area (Å²) in [4.78, 5) is 28.6. The van der Waals surface area contributed by atoms with Crippen LogP contribution in [0.2, 0.25) is 0 Å². The monoisotopic (exact) mass is 478 g/mol. The highest BCUT2D eigenvalue weighted by Crippen LogP contribution is 2.16. The van der Waals surface area contributed by atoms with Gasteiger partial charge in [-0.3, -0.25) is 20.4 Å². The van der Waals surface area contributed by atoms with Crippen molar-refractivity contribution in [3.63, 3.8) is 0 Å². The molecule has 0 unspecified atom stereocenters. The summed E-state index contributed by atoms with van der Waals surface area (Å²) in [5.41, 5.74) is 1.08. The summed E-state index contributed by atoms with van der Waals surface area (Å²) >= 11 is 0. The lowest BCUT2D eigenvalue weighted by molar-refractivity contribution is 0.0794. The molecule has 0 fully saturated rings. The molecule has 0 saturated carbocycles. The molecule has 1 aromatic carbocycles. The number of amides is 2. The number of carbonyl (C=O) groups excluding carboxylic acids is 2. The molecule has 0 aromatic heterocycles. The Morgan fingerprint density at radius 3 is 1.53 bits per heavy atom. The first-order chi connectivity index (χ1) is 16.5. The quantitative estimate of drug-likeness (QED) is 0.185. The van der Waals surface area contributed by atoms with Crippen LogP contribution in [0.3, 0.4) is 0 Å². The van der Waals surface area contributed by atoms with E-state index in [9.17, 15) is 9.59 Å². The van der Waals surface area contributed by atoms with Crippen molar-refractivity contribution in [2.75, 3.05) is 50.3 Å². The number of ether oxygens (including phenoxy) is 2. The summed E-state index contributed by atoms with van der Waals surface area (Å²) in [6.07, 6.45) is 8.41. The standard InChI is InChI=1S/C26H46N4O4/c1-5-9-11-13-18-29(7-3)21-33-25(31)27-23-16-15-17-24(20-23)28-26(32)34-22-30(8-4)19-14-12-10-6-2/h15-17,20H,5-14,18-19,21-22H2,1-4H3,(H,27,31)(H,28,32). The van der Waals surface area contributed by atoms with E-state index in [1.165, 1.54) is 38.5 Å². The van der Waals surface area contributed by atoms with Crippen molar-refractivity contribution in [3.8, 4) is 0 Å². The van der Waals surface area contributed by atoms with Gasteiger partial charge < -0.3 is 9.47 Å². The van der Waals surface area contributed by atoms with Crippen molar-refractivity contribution in [1.82, 2.24) is 9.80 Å². The van der Waals surface area contributed by atoms with Crippen LogP contribution >= 0.6 is 0 Å². The number of anilines is 2. The molecule has 0 heterocycles. The van der Waals surface area contributed by atoms with Crippen LogP contribution in [0.15, 0.2) is 24.3 Å². The molecule has 0 bridgehead atoms. The van der Waals surface area contributed by atoms with E-state index in [1.807, 2.05) is 0 Å². The summed E-state index contributed by atoms with van der Waals surface area (Å²) in [6, 6.07) is 6.92. The van der Waals surface area contributed by atoms with Crippen LogP contribution in [-0.2, 0) is 9.47 Å². The highest BCUT2D eigenvalue weighted by Gasteiger charge is 2.10. The fourth-order valence-corrected chi connectivity index (χ4v) is 3.43. The summed E-state index contributed by atoms with van der Waals surface area (Å²) in [5.74, 6) is 0. The Kier molecular flexibility index (Phi) is 16.6. The summed E-state index contributed by atoms with van der Waals surface area (Å²) < 4.78 is 10.7. The van der Waals surface area contributed by atoms with Gasteiger partial charge in [-0.15, -0.1) is 0 Å². The third kappa shape index (κ3) is 14.1. The third-order valence-electron chi connectivity index (χ3n) is 5.66. The molecule has 8 heteroatoms. The van der Waals surface area contributed by atoms with E-state index in [0.717, 1.165) is 39.0 Å². The van der Waals surface area contributed by atoms with Gasteiger partial charge in [0.1, 0.15) is 13.5 Å². The number of benzene rings is 1. The van der Waals surface area contributed by atoms with E-state index in [4.69, 9.17) is 9.47 Å². The maximum absolute atomic E-state index is 12.2. The number of carbonyl (C=O) groups is 2. The smallest absolute Gasteiger partial charge is 0.412 e. The molecule has 8 nitrogen and oxygen atoms in total. The van der Waals surface area contributed by atoms with Gasteiger partial charge in [0.05, 0.1) is 0 Å². The second-order valence-corrected chi connectivity index (χ2v) is 8.50. The van der Waals surface area contributed by atoms with E-state index in [2.05, 4.69) is 48.1 Å². The maximum atomic E-state index is 12.2. The SMILES string of the molecule is CCCCCCN(CC)COC(=O)Nc1cccc(NC(=O)OCN(CC)CCCCCC)c1. The lowest BCUT2D eigenvalue weighted by Gasteiger charge is -2.20. The highest BCUT2D eigenvalue weighted by atomic mass is 16.6. The Bertz CT molecular complexity index is 633. The molecule has 2 amide bonds. The highest BCUT2D eigenvalue weighted by molar-refractivity contribution is 5.88. The minimum atomic E-state index is -0.520. The molecule has 34 heavy (non-hydrogen) atoms. The molecule has 0 radical (unpaired) electrons. The van der Waals surface area contributed by atoms with Crippen LogP contribution in [0.5, 0.6) is 0 Å². The van der Waals surface area contributed by atoms with Gasteiger partial charge in [0.25, 0.3) is 0 Å². The van der Waals surface area contributed by atoms with E-state index >= 15 is 0 Å². The number of unbranched alkanes of at least 4 members (excludes halogenated alkanes) is 6. The molecule has 2 N–H and O–H groups in total. The van der Waals surface area contributed by atoms with Crippen molar-refractivity contribution in [3.05, 3.63) is 24.3 Å². The number of nitrogens with zero attached hydrogens (tertiary/aromatic N) is 2. The lowest BCUT2D eigenvalue weighted by atomic mass is 10.2. The second kappa shape index (κ2) is 19.0. The predicted molar refractivity (Wildman–Crippen MR) is 139 cm³/mol. The van der Waals surface area contributed by atoms with Gasteiger partial charge in [0.15, 0.2) is 0 Å². The van der Waals surface area contributed by atoms with Crippen molar-refractivity contribution in [2.24, 2.45) is 0 Å². The molecule has 1 rings (SSSR count). The van der Waals surface area contributed by atoms with Crippen LogP contribution in [0, 0.1) is 0 Å². The van der Waals surface area contributed by atoms with Gasteiger partial charge in [-0.25, -0.2) is 9.59 Å². The van der Waals surface area contributed by atoms with E-state index in [-0.39, 0.29) is 13.5 Å². The first-order valence-corrected chi connectivity index (χ1v) is 12.9. The van der Waals surface area contributed by atoms with Crippen molar-refractivity contribution < 1.29 is 19.1 Å². The van der Waals surface area contributed by atoms with Gasteiger partial charge in [-0.1, -0.05) is 72.3 Å². The van der Waals surface area contributed by atoms with Gasteiger partial charge >= 0.3 is 12.2 Å². The fourth-order valence-electron chi connectivity index (χ4n) is 3.43. The number of hydrogen-bond donors (Lipinski definition) is 2. The minimum Gasteiger partial charge on any atom is -0.433 e. The molecule has 0 spiro atoms. The molecule has 0 saturated heterocycles. The molecule has 1 aromatic rings. The Morgan fingerprint density at radius 2 is 1.15 bits per heavy atom. The summed E-state index contributed by atoms with van der Waals surface area (Å²) in [5, 5.41) is 5.43. The molecule has 0 atom stereocenters. The molecular formula is C26H46N4O4. The summed E-state index contributed by atoms with van der Waals surface area (Å²) in [7, 11) is 0. The Hall–Kier alpha value is -2.32. The van der Waals surface area contributed by atoms with Gasteiger partial charge in [-0.2, -0.15) is 0 Å². The minimum absolute atomic E-state index is 0.255. The van der Waals surface area contributed by atoms with E-state index in [1.54, 1.807) is 24.3 Å². The Labute approximate surface area is 206 Å². The Balaban J connectivity index is 2.40. The normalized spacial score (nSPS) is 11.0. The van der Waals surface area contributed by atoms with Gasteiger partial charge in [-0.05, 0) is 44.1 Å². The third-order valence-corrected chi connectivity index (χ3v) is 5.66. The fraction of sp³-hybridized carbons (Fsp3) is 0.692. The average Bonchev–Trinajstić information content (AvgIpc) is 2.83. The van der Waals surface area contributed by atoms with Crippen LogP contribution in [-0.4, -0.2) is 61.6 Å². The van der Waals surface area contributed by atoms with Gasteiger partial charge in [0.2, 0.25) is 0 Å². The van der Waals surface area contributed by atoms with E-state index < -0.39 is 12.2 Å². The van der Waals surface area contributed by atoms with Crippen LogP contribution < -0.4 is 10.6 Å². The zero-order valence-corrected chi connectivity index (χ0v) is 21.7. The van der Waals surface area contributed by atoms with Crippen LogP contribution in [0.25, 0.3) is 0 Å². The Morgan fingerprint density at radius 1 is 0.706 bits per heavy atom. The molecule has 0 aliphatic rings. The number of rotatable bonds is 18. The first-order valence-electron chi connectivity index (χ1n) is 12.9.